The normalized spacial score (nSPS) is 29.0. The van der Waals surface area contributed by atoms with Crippen molar-refractivity contribution in [1.82, 2.24) is 0 Å². The summed E-state index contributed by atoms with van der Waals surface area (Å²) in [5, 5.41) is 0. The molecule has 0 saturated heterocycles. The van der Waals surface area contributed by atoms with Crippen molar-refractivity contribution in [1.29, 1.82) is 0 Å². The molecule has 0 N–H and O–H groups in total. The second kappa shape index (κ2) is 3.85. The quantitative estimate of drug-likeness (QED) is 0.699. The van der Waals surface area contributed by atoms with Crippen LogP contribution < -0.4 is 0 Å². The minimum absolute atomic E-state index is 0.235. The van der Waals surface area contributed by atoms with E-state index >= 15 is 0 Å². The molecule has 2 saturated carbocycles. The third-order valence-electron chi connectivity index (χ3n) is 5.56. The minimum Gasteiger partial charge on any atom is -0.299 e. The van der Waals surface area contributed by atoms with Crippen molar-refractivity contribution in [3.63, 3.8) is 0 Å². The first-order valence-corrected chi connectivity index (χ1v) is 6.90. The van der Waals surface area contributed by atoms with Gasteiger partial charge in [-0.15, -0.1) is 0 Å². The standard InChI is InChI=1S/C15H26O/c1-14(2)13(15(14,3)4)12(16)10-11-8-6-5-7-9-11/h11,13H,5-10H2,1-4H3. The van der Waals surface area contributed by atoms with Crippen molar-refractivity contribution in [2.75, 3.05) is 0 Å². The molecular weight excluding hydrogens is 196 g/mol. The Bertz CT molecular complexity index is 268. The molecule has 92 valence electrons. The van der Waals surface area contributed by atoms with E-state index in [1.165, 1.54) is 32.1 Å². The molecule has 2 aliphatic rings. The smallest absolute Gasteiger partial charge is 0.137 e. The van der Waals surface area contributed by atoms with E-state index in [1.54, 1.807) is 0 Å². The fourth-order valence-corrected chi connectivity index (χ4v) is 3.79. The van der Waals surface area contributed by atoms with Crippen molar-refractivity contribution in [2.45, 2.75) is 66.2 Å². The predicted molar refractivity (Wildman–Crippen MR) is 67.3 cm³/mol. The average Bonchev–Trinajstić information content (AvgIpc) is 2.58. The monoisotopic (exact) mass is 222 g/mol. The lowest BCUT2D eigenvalue weighted by Crippen LogP contribution is -2.15. The van der Waals surface area contributed by atoms with Gasteiger partial charge in [0.1, 0.15) is 5.78 Å². The highest BCUT2D eigenvalue weighted by Crippen LogP contribution is 2.69. The molecule has 2 rings (SSSR count). The second-order valence-electron chi connectivity index (χ2n) is 7.05. The van der Waals surface area contributed by atoms with Gasteiger partial charge < -0.3 is 0 Å². The summed E-state index contributed by atoms with van der Waals surface area (Å²) in [6.07, 6.45) is 7.51. The molecular formula is C15H26O. The third-order valence-corrected chi connectivity index (χ3v) is 5.56. The Labute approximate surface area is 100.0 Å². The van der Waals surface area contributed by atoms with Gasteiger partial charge in [0.25, 0.3) is 0 Å². The summed E-state index contributed by atoms with van der Waals surface area (Å²) >= 11 is 0. The van der Waals surface area contributed by atoms with Gasteiger partial charge >= 0.3 is 0 Å². The van der Waals surface area contributed by atoms with Crippen LogP contribution in [0.1, 0.15) is 66.2 Å². The molecule has 0 aromatic heterocycles. The molecule has 0 radical (unpaired) electrons. The number of hydrogen-bond acceptors (Lipinski definition) is 1. The van der Waals surface area contributed by atoms with Gasteiger partial charge in [-0.25, -0.2) is 0 Å². The lowest BCUT2D eigenvalue weighted by molar-refractivity contribution is -0.122. The van der Waals surface area contributed by atoms with Crippen LogP contribution in [0.15, 0.2) is 0 Å². The van der Waals surface area contributed by atoms with Crippen LogP contribution in [0, 0.1) is 22.7 Å². The van der Waals surface area contributed by atoms with Gasteiger partial charge in [-0.05, 0) is 16.7 Å². The van der Waals surface area contributed by atoms with E-state index in [-0.39, 0.29) is 10.8 Å². The molecule has 0 unspecified atom stereocenters. The molecule has 0 heterocycles. The van der Waals surface area contributed by atoms with Crippen molar-refractivity contribution in [3.05, 3.63) is 0 Å². The largest absolute Gasteiger partial charge is 0.299 e. The Morgan fingerprint density at radius 3 is 1.94 bits per heavy atom. The predicted octanol–water partition coefficient (Wildman–Crippen LogP) is 4.21. The molecule has 0 spiro atoms. The molecule has 0 amide bonds. The number of ketones is 1. The molecule has 0 aromatic rings. The van der Waals surface area contributed by atoms with Gasteiger partial charge in [0.15, 0.2) is 0 Å². The van der Waals surface area contributed by atoms with Gasteiger partial charge in [-0.1, -0.05) is 59.8 Å². The van der Waals surface area contributed by atoms with E-state index in [0.29, 0.717) is 17.6 Å². The topological polar surface area (TPSA) is 17.1 Å². The third kappa shape index (κ3) is 1.83. The lowest BCUT2D eigenvalue weighted by Gasteiger charge is -2.21. The van der Waals surface area contributed by atoms with Gasteiger partial charge in [-0.3, -0.25) is 4.79 Å². The SMILES string of the molecule is CC1(C)C(C(=O)CC2CCCCC2)C1(C)C. The Hall–Kier alpha value is -0.330. The molecule has 2 aliphatic carbocycles. The number of hydrogen-bond donors (Lipinski definition) is 0. The van der Waals surface area contributed by atoms with Crippen LogP contribution in [-0.2, 0) is 4.79 Å². The zero-order chi connectivity index (χ0) is 12.0. The van der Waals surface area contributed by atoms with E-state index in [1.807, 2.05) is 0 Å². The van der Waals surface area contributed by atoms with Gasteiger partial charge in [0, 0.05) is 12.3 Å². The molecule has 0 bridgehead atoms. The van der Waals surface area contributed by atoms with Gasteiger partial charge in [-0.2, -0.15) is 0 Å². The maximum Gasteiger partial charge on any atom is 0.137 e. The van der Waals surface area contributed by atoms with Crippen LogP contribution >= 0.6 is 0 Å². The van der Waals surface area contributed by atoms with Gasteiger partial charge in [0.2, 0.25) is 0 Å². The first-order chi connectivity index (χ1) is 7.37. The molecule has 16 heavy (non-hydrogen) atoms. The molecule has 0 aromatic carbocycles. The van der Waals surface area contributed by atoms with Crippen LogP contribution in [0.3, 0.4) is 0 Å². The Morgan fingerprint density at radius 1 is 1.00 bits per heavy atom. The molecule has 0 atom stereocenters. The zero-order valence-electron chi connectivity index (χ0n) is 11.3. The fraction of sp³-hybridized carbons (Fsp3) is 0.933. The number of rotatable bonds is 3. The van der Waals surface area contributed by atoms with Crippen molar-refractivity contribution in [3.8, 4) is 0 Å². The van der Waals surface area contributed by atoms with Crippen molar-refractivity contribution in [2.24, 2.45) is 22.7 Å². The molecule has 1 nitrogen and oxygen atoms in total. The maximum atomic E-state index is 12.3. The zero-order valence-corrected chi connectivity index (χ0v) is 11.3. The van der Waals surface area contributed by atoms with Gasteiger partial charge in [0.05, 0.1) is 0 Å². The van der Waals surface area contributed by atoms with E-state index in [2.05, 4.69) is 27.7 Å². The summed E-state index contributed by atoms with van der Waals surface area (Å²) in [5.74, 6) is 1.57. The van der Waals surface area contributed by atoms with Crippen LogP contribution in [0.2, 0.25) is 0 Å². The maximum absolute atomic E-state index is 12.3. The number of Topliss-reactive ketones (excluding diaryl/α,β-unsaturated/α-hetero) is 1. The minimum atomic E-state index is 0.235. The van der Waals surface area contributed by atoms with Crippen LogP contribution in [0.25, 0.3) is 0 Å². The van der Waals surface area contributed by atoms with E-state index in [0.717, 1.165) is 6.42 Å². The Kier molecular flexibility index (Phi) is 2.92. The Balaban J connectivity index is 1.90. The highest BCUT2D eigenvalue weighted by Gasteiger charge is 2.67. The summed E-state index contributed by atoms with van der Waals surface area (Å²) in [4.78, 5) is 12.3. The first-order valence-electron chi connectivity index (χ1n) is 6.90. The molecule has 0 aliphatic heterocycles. The van der Waals surface area contributed by atoms with Crippen molar-refractivity contribution < 1.29 is 4.79 Å². The second-order valence-corrected chi connectivity index (χ2v) is 7.05. The summed E-state index contributed by atoms with van der Waals surface area (Å²) in [6, 6.07) is 0. The summed E-state index contributed by atoms with van der Waals surface area (Å²) in [6.45, 7) is 8.99. The highest BCUT2D eigenvalue weighted by atomic mass is 16.1. The first kappa shape index (κ1) is 12.1. The van der Waals surface area contributed by atoms with Crippen LogP contribution in [0.5, 0.6) is 0 Å². The highest BCUT2D eigenvalue weighted by molar-refractivity contribution is 5.86. The van der Waals surface area contributed by atoms with E-state index in [4.69, 9.17) is 0 Å². The van der Waals surface area contributed by atoms with Crippen LogP contribution in [0.4, 0.5) is 0 Å². The summed E-state index contributed by atoms with van der Waals surface area (Å²) in [7, 11) is 0. The van der Waals surface area contributed by atoms with E-state index < -0.39 is 0 Å². The number of carbonyl (C=O) groups excluding carboxylic acids is 1. The molecule has 2 fully saturated rings. The summed E-state index contributed by atoms with van der Waals surface area (Å²) < 4.78 is 0. The average molecular weight is 222 g/mol. The molecule has 1 heteroatoms. The number of carbonyl (C=O) groups is 1. The lowest BCUT2D eigenvalue weighted by atomic mass is 9.84. The summed E-state index contributed by atoms with van der Waals surface area (Å²) in [5.41, 5.74) is 0.470. The Morgan fingerprint density at radius 2 is 1.50 bits per heavy atom. The fourth-order valence-electron chi connectivity index (χ4n) is 3.79. The van der Waals surface area contributed by atoms with E-state index in [9.17, 15) is 4.79 Å². The van der Waals surface area contributed by atoms with Crippen molar-refractivity contribution >= 4 is 5.78 Å². The van der Waals surface area contributed by atoms with Crippen LogP contribution in [-0.4, -0.2) is 5.78 Å².